The summed E-state index contributed by atoms with van der Waals surface area (Å²) in [4.78, 5) is 13.0. The number of carbonyl (C=O) groups is 1. The van der Waals surface area contributed by atoms with Crippen molar-refractivity contribution in [2.45, 2.75) is 13.1 Å². The van der Waals surface area contributed by atoms with E-state index < -0.39 is 5.97 Å². The molecule has 1 aliphatic rings. The van der Waals surface area contributed by atoms with E-state index in [0.29, 0.717) is 5.02 Å². The van der Waals surface area contributed by atoms with E-state index in [1.54, 1.807) is 12.1 Å². The molecule has 2 aromatic rings. The molecule has 3 rings (SSSR count). The Kier molecular flexibility index (Phi) is 3.67. The molecule has 0 spiro atoms. The quantitative estimate of drug-likeness (QED) is 0.872. The van der Waals surface area contributed by atoms with Crippen molar-refractivity contribution in [2.75, 3.05) is 4.90 Å². The predicted octanol–water partition coefficient (Wildman–Crippen LogP) is 3.96. The summed E-state index contributed by atoms with van der Waals surface area (Å²) in [6.45, 7) is 1.62. The number of benzene rings is 2. The van der Waals surface area contributed by atoms with Crippen LogP contribution < -0.4 is 4.90 Å². The van der Waals surface area contributed by atoms with Gasteiger partial charge in [-0.25, -0.2) is 4.79 Å². The Labute approximate surface area is 128 Å². The highest BCUT2D eigenvalue weighted by Crippen LogP contribution is 2.34. The number of aliphatic carboxylic acids is 1. The summed E-state index contributed by atoms with van der Waals surface area (Å²) in [7, 11) is 0. The summed E-state index contributed by atoms with van der Waals surface area (Å²) in [6, 6.07) is 13.9. The molecule has 0 bridgehead atoms. The monoisotopic (exact) mass is 299 g/mol. The van der Waals surface area contributed by atoms with Crippen molar-refractivity contribution >= 4 is 29.3 Å². The maximum absolute atomic E-state index is 10.8. The zero-order valence-corrected chi connectivity index (χ0v) is 12.0. The minimum absolute atomic E-state index is 0.556. The Bertz CT molecular complexity index is 699. The fourth-order valence-electron chi connectivity index (χ4n) is 2.62. The van der Waals surface area contributed by atoms with Gasteiger partial charge in [0.05, 0.1) is 0 Å². The van der Waals surface area contributed by atoms with E-state index in [-0.39, 0.29) is 0 Å². The van der Waals surface area contributed by atoms with Crippen LogP contribution in [0.4, 0.5) is 5.69 Å². The number of carboxylic acid groups (broad SMARTS) is 1. The summed E-state index contributed by atoms with van der Waals surface area (Å²) < 4.78 is 0. The van der Waals surface area contributed by atoms with Crippen molar-refractivity contribution in [1.82, 2.24) is 0 Å². The fourth-order valence-corrected chi connectivity index (χ4v) is 2.86. The number of nitrogens with zero attached hydrogens (tertiary/aromatic N) is 1. The SMILES string of the molecule is O=C(O)C=Cc1c(Cl)cccc1N1Cc2ccccc2C1. The molecule has 1 aliphatic heterocycles. The van der Waals surface area contributed by atoms with Gasteiger partial charge in [0.2, 0.25) is 0 Å². The van der Waals surface area contributed by atoms with Gasteiger partial charge in [0.25, 0.3) is 0 Å². The van der Waals surface area contributed by atoms with E-state index in [9.17, 15) is 4.79 Å². The van der Waals surface area contributed by atoms with E-state index in [1.807, 2.05) is 24.3 Å². The highest BCUT2D eigenvalue weighted by atomic mass is 35.5. The maximum Gasteiger partial charge on any atom is 0.328 e. The molecule has 1 heterocycles. The number of carboxylic acids is 1. The minimum atomic E-state index is -0.981. The summed E-state index contributed by atoms with van der Waals surface area (Å²) in [6.07, 6.45) is 2.68. The Balaban J connectivity index is 1.97. The molecule has 106 valence electrons. The predicted molar refractivity (Wildman–Crippen MR) is 84.5 cm³/mol. The van der Waals surface area contributed by atoms with Crippen LogP contribution in [0, 0.1) is 0 Å². The number of hydrogen-bond acceptors (Lipinski definition) is 2. The highest BCUT2D eigenvalue weighted by molar-refractivity contribution is 6.32. The lowest BCUT2D eigenvalue weighted by Crippen LogP contribution is -2.15. The largest absolute Gasteiger partial charge is 0.478 e. The first kappa shape index (κ1) is 13.7. The van der Waals surface area contributed by atoms with Crippen LogP contribution in [0.15, 0.2) is 48.5 Å². The van der Waals surface area contributed by atoms with Crippen molar-refractivity contribution in [3.8, 4) is 0 Å². The van der Waals surface area contributed by atoms with Crippen LogP contribution >= 0.6 is 11.6 Å². The van der Waals surface area contributed by atoms with Crippen LogP contribution in [0.5, 0.6) is 0 Å². The van der Waals surface area contributed by atoms with Crippen LogP contribution in [0.3, 0.4) is 0 Å². The first-order valence-corrected chi connectivity index (χ1v) is 7.04. The molecule has 0 amide bonds. The molecule has 0 unspecified atom stereocenters. The van der Waals surface area contributed by atoms with Gasteiger partial charge in [-0.3, -0.25) is 0 Å². The van der Waals surface area contributed by atoms with Gasteiger partial charge in [-0.1, -0.05) is 41.9 Å². The van der Waals surface area contributed by atoms with Gasteiger partial charge in [0.1, 0.15) is 0 Å². The lowest BCUT2D eigenvalue weighted by Gasteiger charge is -2.21. The molecule has 0 saturated heterocycles. The lowest BCUT2D eigenvalue weighted by molar-refractivity contribution is -0.131. The van der Waals surface area contributed by atoms with Gasteiger partial charge in [0, 0.05) is 35.4 Å². The number of anilines is 1. The standard InChI is InChI=1S/C17H14ClNO2/c18-15-6-3-7-16(14(15)8-9-17(20)21)19-10-12-4-1-2-5-13(12)11-19/h1-9H,10-11H2,(H,20,21). The molecule has 1 N–H and O–H groups in total. The Hall–Kier alpha value is -2.26. The summed E-state index contributed by atoms with van der Waals surface area (Å²) in [5.74, 6) is -0.981. The van der Waals surface area contributed by atoms with Crippen LogP contribution in [0.2, 0.25) is 5.02 Å². The van der Waals surface area contributed by atoms with Gasteiger partial charge in [-0.15, -0.1) is 0 Å². The Morgan fingerprint density at radius 2 is 1.76 bits per heavy atom. The van der Waals surface area contributed by atoms with Gasteiger partial charge >= 0.3 is 5.97 Å². The fraction of sp³-hybridized carbons (Fsp3) is 0.118. The summed E-state index contributed by atoms with van der Waals surface area (Å²) in [5, 5.41) is 9.38. The first-order valence-electron chi connectivity index (χ1n) is 6.66. The second-order valence-corrected chi connectivity index (χ2v) is 5.38. The topological polar surface area (TPSA) is 40.5 Å². The number of rotatable bonds is 3. The maximum atomic E-state index is 10.8. The van der Waals surface area contributed by atoms with Crippen LogP contribution in [0.25, 0.3) is 6.08 Å². The van der Waals surface area contributed by atoms with E-state index in [2.05, 4.69) is 17.0 Å². The molecule has 0 aromatic heterocycles. The van der Waals surface area contributed by atoms with E-state index in [4.69, 9.17) is 16.7 Å². The average Bonchev–Trinajstić information content (AvgIpc) is 2.89. The van der Waals surface area contributed by atoms with Crippen LogP contribution in [-0.2, 0) is 17.9 Å². The molecule has 0 saturated carbocycles. The molecule has 0 atom stereocenters. The Morgan fingerprint density at radius 1 is 1.10 bits per heavy atom. The van der Waals surface area contributed by atoms with Crippen molar-refractivity contribution in [1.29, 1.82) is 0 Å². The first-order chi connectivity index (χ1) is 10.1. The lowest BCUT2D eigenvalue weighted by atomic mass is 10.1. The second kappa shape index (κ2) is 5.62. The number of hydrogen-bond donors (Lipinski definition) is 1. The molecule has 21 heavy (non-hydrogen) atoms. The third-order valence-corrected chi connectivity index (χ3v) is 3.93. The minimum Gasteiger partial charge on any atom is -0.478 e. The van der Waals surface area contributed by atoms with Gasteiger partial charge < -0.3 is 10.0 Å². The molecular formula is C17H14ClNO2. The van der Waals surface area contributed by atoms with E-state index in [1.165, 1.54) is 11.1 Å². The van der Waals surface area contributed by atoms with Crippen molar-refractivity contribution in [3.63, 3.8) is 0 Å². The van der Waals surface area contributed by atoms with E-state index in [0.717, 1.165) is 30.4 Å². The molecule has 0 aliphatic carbocycles. The number of halogens is 1. The second-order valence-electron chi connectivity index (χ2n) is 4.97. The Morgan fingerprint density at radius 3 is 2.38 bits per heavy atom. The zero-order chi connectivity index (χ0) is 14.8. The molecule has 3 nitrogen and oxygen atoms in total. The van der Waals surface area contributed by atoms with Crippen LogP contribution in [0.1, 0.15) is 16.7 Å². The molecule has 0 radical (unpaired) electrons. The summed E-state index contributed by atoms with van der Waals surface area (Å²) in [5.41, 5.74) is 4.29. The normalized spacial score (nSPS) is 13.7. The third kappa shape index (κ3) is 2.78. The van der Waals surface area contributed by atoms with Gasteiger partial charge in [-0.2, -0.15) is 0 Å². The van der Waals surface area contributed by atoms with Crippen molar-refractivity contribution < 1.29 is 9.90 Å². The molecular weight excluding hydrogens is 286 g/mol. The summed E-state index contributed by atoms with van der Waals surface area (Å²) >= 11 is 6.23. The van der Waals surface area contributed by atoms with Gasteiger partial charge in [0.15, 0.2) is 0 Å². The zero-order valence-electron chi connectivity index (χ0n) is 11.3. The average molecular weight is 300 g/mol. The van der Waals surface area contributed by atoms with Crippen LogP contribution in [-0.4, -0.2) is 11.1 Å². The molecule has 0 fully saturated rings. The highest BCUT2D eigenvalue weighted by Gasteiger charge is 2.20. The van der Waals surface area contributed by atoms with Crippen molar-refractivity contribution in [2.24, 2.45) is 0 Å². The van der Waals surface area contributed by atoms with Gasteiger partial charge in [-0.05, 0) is 29.3 Å². The third-order valence-electron chi connectivity index (χ3n) is 3.60. The molecule has 4 heteroatoms. The smallest absolute Gasteiger partial charge is 0.328 e. The van der Waals surface area contributed by atoms with Crippen molar-refractivity contribution in [3.05, 3.63) is 70.3 Å². The number of fused-ring (bicyclic) bond motifs is 1. The van der Waals surface area contributed by atoms with E-state index >= 15 is 0 Å². The molecule has 2 aromatic carbocycles.